The Labute approximate surface area is 113 Å². The average Bonchev–Trinajstić information content (AvgIpc) is 2.88. The normalized spacial score (nSPS) is 10.8. The third kappa shape index (κ3) is 2.19. The van der Waals surface area contributed by atoms with Gasteiger partial charge in [0.2, 0.25) is 0 Å². The molecule has 0 aliphatic carbocycles. The van der Waals surface area contributed by atoms with Gasteiger partial charge in [-0.3, -0.25) is 0 Å². The second kappa shape index (κ2) is 4.77. The van der Waals surface area contributed by atoms with Gasteiger partial charge in [-0.15, -0.1) is 0 Å². The first-order valence-electron chi connectivity index (χ1n) is 5.60. The summed E-state index contributed by atoms with van der Waals surface area (Å²) in [4.78, 5) is 16.2. The van der Waals surface area contributed by atoms with Crippen LogP contribution in [0.4, 0.5) is 5.82 Å². The summed E-state index contributed by atoms with van der Waals surface area (Å²) in [7, 11) is 0. The lowest BCUT2D eigenvalue weighted by atomic mass is 10.3. The molecule has 0 amide bonds. The van der Waals surface area contributed by atoms with E-state index in [0.29, 0.717) is 17.5 Å². The molecule has 1 N–H and O–H groups in total. The summed E-state index contributed by atoms with van der Waals surface area (Å²) in [6, 6.07) is 1.84. The zero-order chi connectivity index (χ0) is 13.2. The van der Waals surface area contributed by atoms with Crippen LogP contribution in [-0.2, 0) is 6.54 Å². The summed E-state index contributed by atoms with van der Waals surface area (Å²) >= 11 is 6.07. The molecule has 0 aliphatic rings. The molecule has 0 bridgehead atoms. The molecular weight excluding hydrogens is 266 g/mol. The third-order valence-electron chi connectivity index (χ3n) is 2.68. The maximum Gasteiger partial charge on any atom is 0.255 e. The molecule has 0 atom stereocenters. The number of aromatic nitrogens is 6. The van der Waals surface area contributed by atoms with Crippen molar-refractivity contribution in [2.45, 2.75) is 13.5 Å². The molecule has 3 aromatic rings. The number of hydrogen-bond acceptors (Lipinski definition) is 6. The number of anilines is 1. The van der Waals surface area contributed by atoms with E-state index in [2.05, 4.69) is 30.4 Å². The molecule has 0 unspecified atom stereocenters. The summed E-state index contributed by atoms with van der Waals surface area (Å²) in [5.74, 6) is 1.21. The Kier molecular flexibility index (Phi) is 2.96. The fraction of sp³-hybridized carbons (Fsp3) is 0.182. The predicted octanol–water partition coefficient (Wildman–Crippen LogP) is 1.49. The van der Waals surface area contributed by atoms with Crippen LogP contribution in [0.5, 0.6) is 0 Å². The number of hydrogen-bond donors (Lipinski definition) is 1. The minimum absolute atomic E-state index is 0.408. The van der Waals surface area contributed by atoms with Gasteiger partial charge in [0.25, 0.3) is 5.78 Å². The maximum atomic E-state index is 6.07. The molecule has 96 valence electrons. The van der Waals surface area contributed by atoms with Gasteiger partial charge in [-0.2, -0.15) is 19.6 Å². The third-order valence-corrected chi connectivity index (χ3v) is 3.05. The van der Waals surface area contributed by atoms with Crippen molar-refractivity contribution in [2.75, 3.05) is 5.32 Å². The Morgan fingerprint density at radius 3 is 3.00 bits per heavy atom. The van der Waals surface area contributed by atoms with Crippen molar-refractivity contribution in [2.24, 2.45) is 0 Å². The van der Waals surface area contributed by atoms with Gasteiger partial charge in [-0.25, -0.2) is 9.97 Å². The standard InChI is InChI=1S/C11H10ClN7/c1-7-9(12)18-11-16-6-17-19(11)10(7)14-4-8-2-3-13-5-15-8/h2-3,5-6,14H,4H2,1H3. The van der Waals surface area contributed by atoms with E-state index in [9.17, 15) is 0 Å². The Morgan fingerprint density at radius 1 is 1.32 bits per heavy atom. The molecule has 7 nitrogen and oxygen atoms in total. The van der Waals surface area contributed by atoms with E-state index in [1.165, 1.54) is 12.7 Å². The van der Waals surface area contributed by atoms with E-state index in [4.69, 9.17) is 11.6 Å². The second-order valence-corrected chi connectivity index (χ2v) is 4.26. The molecule has 0 fully saturated rings. The molecule has 0 aromatic carbocycles. The van der Waals surface area contributed by atoms with Crippen molar-refractivity contribution in [1.29, 1.82) is 0 Å². The molecule has 3 heterocycles. The van der Waals surface area contributed by atoms with Crippen molar-refractivity contribution in [1.82, 2.24) is 29.5 Å². The Morgan fingerprint density at radius 2 is 2.21 bits per heavy atom. The molecule has 0 aliphatic heterocycles. The highest BCUT2D eigenvalue weighted by molar-refractivity contribution is 6.30. The van der Waals surface area contributed by atoms with E-state index in [1.807, 2.05) is 13.0 Å². The fourth-order valence-electron chi connectivity index (χ4n) is 1.70. The summed E-state index contributed by atoms with van der Waals surface area (Å²) in [6.07, 6.45) is 4.64. The fourth-order valence-corrected chi connectivity index (χ4v) is 1.87. The SMILES string of the molecule is Cc1c(Cl)nc2ncnn2c1NCc1ccncn1. The van der Waals surface area contributed by atoms with Crippen LogP contribution in [0.15, 0.2) is 24.9 Å². The van der Waals surface area contributed by atoms with E-state index in [1.54, 1.807) is 10.7 Å². The van der Waals surface area contributed by atoms with Crippen molar-refractivity contribution in [3.05, 3.63) is 41.3 Å². The van der Waals surface area contributed by atoms with Crippen molar-refractivity contribution in [3.63, 3.8) is 0 Å². The van der Waals surface area contributed by atoms with Crippen LogP contribution in [0.3, 0.4) is 0 Å². The zero-order valence-corrected chi connectivity index (χ0v) is 10.8. The molecular formula is C11H10ClN7. The summed E-state index contributed by atoms with van der Waals surface area (Å²) in [5, 5.41) is 7.77. The van der Waals surface area contributed by atoms with Crippen molar-refractivity contribution in [3.8, 4) is 0 Å². The van der Waals surface area contributed by atoms with E-state index >= 15 is 0 Å². The highest BCUT2D eigenvalue weighted by atomic mass is 35.5. The summed E-state index contributed by atoms with van der Waals surface area (Å²) < 4.78 is 1.61. The predicted molar refractivity (Wildman–Crippen MR) is 69.9 cm³/mol. The van der Waals surface area contributed by atoms with Crippen molar-refractivity contribution < 1.29 is 0 Å². The highest BCUT2D eigenvalue weighted by Crippen LogP contribution is 2.22. The number of rotatable bonds is 3. The highest BCUT2D eigenvalue weighted by Gasteiger charge is 2.11. The lowest BCUT2D eigenvalue weighted by molar-refractivity contribution is 0.903. The van der Waals surface area contributed by atoms with Crippen LogP contribution in [0, 0.1) is 6.92 Å². The first kappa shape index (κ1) is 11.8. The number of nitrogens with one attached hydrogen (secondary N) is 1. The minimum Gasteiger partial charge on any atom is -0.364 e. The maximum absolute atomic E-state index is 6.07. The monoisotopic (exact) mass is 275 g/mol. The summed E-state index contributed by atoms with van der Waals surface area (Å²) in [6.45, 7) is 2.41. The molecule has 3 aromatic heterocycles. The van der Waals surface area contributed by atoms with Crippen molar-refractivity contribution >= 4 is 23.2 Å². The minimum atomic E-state index is 0.408. The lowest BCUT2D eigenvalue weighted by Crippen LogP contribution is -2.09. The first-order chi connectivity index (χ1) is 9.25. The first-order valence-corrected chi connectivity index (χ1v) is 5.98. The van der Waals surface area contributed by atoms with E-state index in [-0.39, 0.29) is 0 Å². The lowest BCUT2D eigenvalue weighted by Gasteiger charge is -2.11. The van der Waals surface area contributed by atoms with Crippen LogP contribution >= 0.6 is 11.6 Å². The quantitative estimate of drug-likeness (QED) is 0.730. The van der Waals surface area contributed by atoms with E-state index in [0.717, 1.165) is 17.1 Å². The van der Waals surface area contributed by atoms with Gasteiger partial charge < -0.3 is 5.32 Å². The number of fused-ring (bicyclic) bond motifs is 1. The molecule has 0 saturated carbocycles. The Hall–Kier alpha value is -2.28. The smallest absolute Gasteiger partial charge is 0.255 e. The topological polar surface area (TPSA) is 80.9 Å². The second-order valence-electron chi connectivity index (χ2n) is 3.90. The largest absolute Gasteiger partial charge is 0.364 e. The molecule has 19 heavy (non-hydrogen) atoms. The number of halogens is 1. The van der Waals surface area contributed by atoms with Crippen LogP contribution < -0.4 is 5.32 Å². The zero-order valence-electron chi connectivity index (χ0n) is 10.1. The van der Waals surface area contributed by atoms with Gasteiger partial charge in [-0.05, 0) is 13.0 Å². The average molecular weight is 276 g/mol. The van der Waals surface area contributed by atoms with Gasteiger partial charge in [0, 0.05) is 11.8 Å². The summed E-state index contributed by atoms with van der Waals surface area (Å²) in [5.41, 5.74) is 1.68. The molecule has 3 rings (SSSR count). The van der Waals surface area contributed by atoms with Gasteiger partial charge in [0.05, 0.1) is 12.2 Å². The van der Waals surface area contributed by atoms with E-state index < -0.39 is 0 Å². The number of nitrogens with zero attached hydrogens (tertiary/aromatic N) is 6. The Bertz CT molecular complexity index is 710. The Balaban J connectivity index is 1.96. The van der Waals surface area contributed by atoms with Crippen LogP contribution in [0.1, 0.15) is 11.3 Å². The van der Waals surface area contributed by atoms with Gasteiger partial charge in [0.15, 0.2) is 0 Å². The van der Waals surface area contributed by atoms with Crippen LogP contribution in [0.2, 0.25) is 5.15 Å². The van der Waals surface area contributed by atoms with Gasteiger partial charge in [-0.1, -0.05) is 11.6 Å². The molecule has 0 radical (unpaired) electrons. The molecule has 0 saturated heterocycles. The van der Waals surface area contributed by atoms with Gasteiger partial charge >= 0.3 is 0 Å². The molecule has 8 heteroatoms. The van der Waals surface area contributed by atoms with Crippen LogP contribution in [0.25, 0.3) is 5.78 Å². The molecule has 0 spiro atoms. The van der Waals surface area contributed by atoms with Crippen LogP contribution in [-0.4, -0.2) is 29.5 Å². The van der Waals surface area contributed by atoms with Gasteiger partial charge in [0.1, 0.15) is 23.6 Å².